The molecule has 0 radical (unpaired) electrons. The number of carbonyl (C=O) groups excluding carboxylic acids is 1. The highest BCUT2D eigenvalue weighted by Gasteiger charge is 2.08. The minimum Gasteiger partial charge on any atom is -0.300 e. The third kappa shape index (κ3) is 2.38. The number of ketones is 1. The van der Waals surface area contributed by atoms with E-state index in [0.717, 1.165) is 6.42 Å². The van der Waals surface area contributed by atoms with Crippen LogP contribution in [-0.4, -0.2) is 5.78 Å². The summed E-state index contributed by atoms with van der Waals surface area (Å²) in [5.41, 5.74) is 3.96. The molecule has 1 nitrogen and oxygen atoms in total. The summed E-state index contributed by atoms with van der Waals surface area (Å²) >= 11 is 0. The van der Waals surface area contributed by atoms with E-state index in [2.05, 4.69) is 44.2 Å². The predicted molar refractivity (Wildman–Crippen MR) is 72.4 cm³/mol. The lowest BCUT2D eigenvalue weighted by Crippen LogP contribution is -1.99. The zero-order valence-electron chi connectivity index (χ0n) is 10.7. The summed E-state index contributed by atoms with van der Waals surface area (Å²) in [6, 6.07) is 10.6. The van der Waals surface area contributed by atoms with E-state index < -0.39 is 0 Å². The Morgan fingerprint density at radius 1 is 1.18 bits per heavy atom. The number of Topliss-reactive ketones (excluding diaryl/α,β-unsaturated/α-hetero) is 1. The minimum atomic E-state index is 0.259. The first-order valence-corrected chi connectivity index (χ1v) is 6.07. The molecule has 0 aliphatic heterocycles. The molecule has 1 heteroatoms. The highest BCUT2D eigenvalue weighted by Crippen LogP contribution is 2.26. The van der Waals surface area contributed by atoms with Gasteiger partial charge in [-0.25, -0.2) is 0 Å². The van der Waals surface area contributed by atoms with E-state index in [1.54, 1.807) is 6.92 Å². The summed E-state index contributed by atoms with van der Waals surface area (Å²) in [6.45, 7) is 5.95. The molecule has 2 aromatic carbocycles. The van der Waals surface area contributed by atoms with Crippen molar-refractivity contribution in [3.05, 3.63) is 47.0 Å². The van der Waals surface area contributed by atoms with E-state index in [1.807, 2.05) is 0 Å². The van der Waals surface area contributed by atoms with Crippen molar-refractivity contribution in [1.82, 2.24) is 0 Å². The zero-order valence-corrected chi connectivity index (χ0v) is 10.7. The zero-order chi connectivity index (χ0) is 12.4. The number of hydrogen-bond donors (Lipinski definition) is 0. The van der Waals surface area contributed by atoms with Crippen LogP contribution in [0.1, 0.15) is 30.0 Å². The minimum absolute atomic E-state index is 0.259. The van der Waals surface area contributed by atoms with Crippen LogP contribution in [0.4, 0.5) is 0 Å². The molecule has 88 valence electrons. The van der Waals surface area contributed by atoms with Gasteiger partial charge in [0.25, 0.3) is 0 Å². The summed E-state index contributed by atoms with van der Waals surface area (Å²) in [7, 11) is 0. The maximum atomic E-state index is 11.1. The van der Waals surface area contributed by atoms with Crippen LogP contribution in [0.3, 0.4) is 0 Å². The van der Waals surface area contributed by atoms with Gasteiger partial charge in [-0.1, -0.05) is 30.3 Å². The number of hydrogen-bond acceptors (Lipinski definition) is 1. The first-order chi connectivity index (χ1) is 8.09. The average Bonchev–Trinajstić information content (AvgIpc) is 2.29. The van der Waals surface area contributed by atoms with Gasteiger partial charge in [-0.2, -0.15) is 0 Å². The van der Waals surface area contributed by atoms with Gasteiger partial charge < -0.3 is 4.79 Å². The summed E-state index contributed by atoms with van der Waals surface area (Å²) < 4.78 is 0. The number of benzene rings is 2. The molecular weight excluding hydrogens is 208 g/mol. The van der Waals surface area contributed by atoms with Crippen LogP contribution >= 0.6 is 0 Å². The summed E-state index contributed by atoms with van der Waals surface area (Å²) in [4.78, 5) is 11.1. The molecule has 0 aliphatic rings. The van der Waals surface area contributed by atoms with E-state index in [9.17, 15) is 4.79 Å². The number of rotatable bonds is 3. The number of carbonyl (C=O) groups is 1. The maximum Gasteiger partial charge on any atom is 0.130 e. The van der Waals surface area contributed by atoms with Crippen molar-refractivity contribution in [1.29, 1.82) is 0 Å². The molecule has 0 bridgehead atoms. The molecule has 17 heavy (non-hydrogen) atoms. The van der Waals surface area contributed by atoms with Crippen molar-refractivity contribution in [3.8, 4) is 0 Å². The second-order valence-corrected chi connectivity index (χ2v) is 4.72. The van der Waals surface area contributed by atoms with Crippen LogP contribution in [0.2, 0.25) is 0 Å². The highest BCUT2D eigenvalue weighted by atomic mass is 16.1. The van der Waals surface area contributed by atoms with Crippen molar-refractivity contribution >= 4 is 16.6 Å². The van der Waals surface area contributed by atoms with Crippen LogP contribution in [0.5, 0.6) is 0 Å². The summed E-state index contributed by atoms with van der Waals surface area (Å²) in [5.74, 6) is 0.259. The molecule has 2 aromatic rings. The second kappa shape index (κ2) is 4.70. The molecule has 0 heterocycles. The third-order valence-corrected chi connectivity index (χ3v) is 3.43. The Labute approximate surface area is 102 Å². The average molecular weight is 226 g/mol. The monoisotopic (exact) mass is 226 g/mol. The quantitative estimate of drug-likeness (QED) is 0.773. The van der Waals surface area contributed by atoms with E-state index in [4.69, 9.17) is 0 Å². The van der Waals surface area contributed by atoms with Gasteiger partial charge in [0.15, 0.2) is 0 Å². The molecule has 0 aliphatic carbocycles. The molecule has 0 saturated carbocycles. The fraction of sp³-hybridized carbons (Fsp3) is 0.312. The highest BCUT2D eigenvalue weighted by molar-refractivity contribution is 5.88. The maximum absolute atomic E-state index is 11.1. The lowest BCUT2D eigenvalue weighted by molar-refractivity contribution is -0.116. The van der Waals surface area contributed by atoms with E-state index in [-0.39, 0.29) is 5.78 Å². The van der Waals surface area contributed by atoms with Gasteiger partial charge in [-0.05, 0) is 54.7 Å². The second-order valence-electron chi connectivity index (χ2n) is 4.72. The third-order valence-electron chi connectivity index (χ3n) is 3.43. The van der Waals surface area contributed by atoms with Crippen molar-refractivity contribution in [2.75, 3.05) is 0 Å². The molecule has 0 fully saturated rings. The SMILES string of the molecule is CC(=O)CCc1c(C)c(C)cc2ccccc12. The van der Waals surface area contributed by atoms with Crippen molar-refractivity contribution in [2.45, 2.75) is 33.6 Å². The molecule has 0 amide bonds. The normalized spacial score (nSPS) is 10.8. The molecule has 0 saturated heterocycles. The Hall–Kier alpha value is -1.63. The Morgan fingerprint density at radius 3 is 2.59 bits per heavy atom. The molecule has 2 rings (SSSR count). The smallest absolute Gasteiger partial charge is 0.130 e. The molecule has 0 atom stereocenters. The lowest BCUT2D eigenvalue weighted by atomic mass is 9.92. The van der Waals surface area contributed by atoms with E-state index in [0.29, 0.717) is 6.42 Å². The van der Waals surface area contributed by atoms with Gasteiger partial charge in [0, 0.05) is 6.42 Å². The summed E-state index contributed by atoms with van der Waals surface area (Å²) in [5, 5.41) is 2.56. The van der Waals surface area contributed by atoms with Crippen molar-refractivity contribution in [3.63, 3.8) is 0 Å². The topological polar surface area (TPSA) is 17.1 Å². The van der Waals surface area contributed by atoms with Gasteiger partial charge in [0.05, 0.1) is 0 Å². The number of aryl methyl sites for hydroxylation is 2. The van der Waals surface area contributed by atoms with E-state index in [1.165, 1.54) is 27.5 Å². The Kier molecular flexibility index (Phi) is 3.28. The molecule has 0 unspecified atom stereocenters. The first-order valence-electron chi connectivity index (χ1n) is 6.07. The van der Waals surface area contributed by atoms with Crippen LogP contribution < -0.4 is 0 Å². The molecule has 0 aromatic heterocycles. The number of fused-ring (bicyclic) bond motifs is 1. The van der Waals surface area contributed by atoms with Gasteiger partial charge >= 0.3 is 0 Å². The fourth-order valence-corrected chi connectivity index (χ4v) is 2.30. The largest absolute Gasteiger partial charge is 0.300 e. The van der Waals surface area contributed by atoms with Gasteiger partial charge in [0.1, 0.15) is 5.78 Å². The first kappa shape index (κ1) is 11.8. The van der Waals surface area contributed by atoms with Gasteiger partial charge in [-0.15, -0.1) is 0 Å². The van der Waals surface area contributed by atoms with Crippen molar-refractivity contribution < 1.29 is 4.79 Å². The van der Waals surface area contributed by atoms with E-state index >= 15 is 0 Å². The van der Waals surface area contributed by atoms with Crippen LogP contribution in [-0.2, 0) is 11.2 Å². The fourth-order valence-electron chi connectivity index (χ4n) is 2.30. The van der Waals surface area contributed by atoms with Gasteiger partial charge in [0.2, 0.25) is 0 Å². The lowest BCUT2D eigenvalue weighted by Gasteiger charge is -2.12. The Morgan fingerprint density at radius 2 is 1.88 bits per heavy atom. The predicted octanol–water partition coefficient (Wildman–Crippen LogP) is 3.98. The Bertz CT molecular complexity index is 567. The molecule has 0 N–H and O–H groups in total. The van der Waals surface area contributed by atoms with Crippen LogP contribution in [0.15, 0.2) is 30.3 Å². The summed E-state index contributed by atoms with van der Waals surface area (Å²) in [6.07, 6.45) is 1.48. The van der Waals surface area contributed by atoms with Crippen molar-refractivity contribution in [2.24, 2.45) is 0 Å². The Balaban J connectivity index is 2.57. The molecule has 0 spiro atoms. The van der Waals surface area contributed by atoms with Crippen LogP contribution in [0.25, 0.3) is 10.8 Å². The van der Waals surface area contributed by atoms with Gasteiger partial charge in [-0.3, -0.25) is 0 Å². The molecular formula is C16H18O. The standard InChI is InChI=1S/C16H18O/c1-11-10-14-6-4-5-7-16(14)15(13(11)3)9-8-12(2)17/h4-7,10H,8-9H2,1-3H3. The van der Waals surface area contributed by atoms with Crippen LogP contribution in [0, 0.1) is 13.8 Å².